The average Bonchev–Trinajstić information content (AvgIpc) is 3.13. The Morgan fingerprint density at radius 3 is 2.57 bits per heavy atom. The SMILES string of the molecule is Cc1nc([C@H](C)c2cc(Cl)c(F)c(C(=O)N3CCC(C)(F)CC3)c2OC(C)C)n2ccnc(N)c12. The Labute approximate surface area is 208 Å². The number of aromatic nitrogens is 3. The van der Waals surface area contributed by atoms with Gasteiger partial charge in [-0.3, -0.25) is 9.20 Å². The van der Waals surface area contributed by atoms with Crippen molar-refractivity contribution in [1.29, 1.82) is 0 Å². The number of carbonyl (C=O) groups is 1. The summed E-state index contributed by atoms with van der Waals surface area (Å²) in [7, 11) is 0. The fraction of sp³-hybridized carbons (Fsp3) is 0.480. The van der Waals surface area contributed by atoms with Crippen LogP contribution in [0.4, 0.5) is 14.6 Å². The Morgan fingerprint density at radius 2 is 1.94 bits per heavy atom. The first-order valence-electron chi connectivity index (χ1n) is 11.7. The van der Waals surface area contributed by atoms with E-state index in [-0.39, 0.29) is 48.4 Å². The lowest BCUT2D eigenvalue weighted by atomic mass is 9.93. The second-order valence-corrected chi connectivity index (χ2v) is 10.1. The summed E-state index contributed by atoms with van der Waals surface area (Å²) in [5, 5.41) is -0.197. The van der Waals surface area contributed by atoms with E-state index >= 15 is 4.39 Å². The van der Waals surface area contributed by atoms with Crippen LogP contribution in [0.15, 0.2) is 18.5 Å². The highest BCUT2D eigenvalue weighted by Crippen LogP contribution is 2.41. The van der Waals surface area contributed by atoms with Crippen LogP contribution in [0.25, 0.3) is 5.52 Å². The van der Waals surface area contributed by atoms with Gasteiger partial charge in [0.05, 0.1) is 16.8 Å². The van der Waals surface area contributed by atoms with Gasteiger partial charge in [-0.2, -0.15) is 0 Å². The molecule has 1 aliphatic heterocycles. The van der Waals surface area contributed by atoms with Gasteiger partial charge in [0, 0.05) is 37.0 Å². The Bertz CT molecular complexity index is 1280. The lowest BCUT2D eigenvalue weighted by Gasteiger charge is -2.35. The second-order valence-electron chi connectivity index (χ2n) is 9.65. The van der Waals surface area contributed by atoms with Crippen molar-refractivity contribution >= 4 is 28.8 Å². The number of benzene rings is 1. The molecule has 1 fully saturated rings. The monoisotopic (exact) mass is 505 g/mol. The first-order valence-corrected chi connectivity index (χ1v) is 12.0. The van der Waals surface area contributed by atoms with Gasteiger partial charge in [0.1, 0.15) is 34.1 Å². The lowest BCUT2D eigenvalue weighted by molar-refractivity contribution is 0.0495. The Hall–Kier alpha value is -2.94. The van der Waals surface area contributed by atoms with E-state index in [0.29, 0.717) is 28.4 Å². The number of anilines is 1. The Morgan fingerprint density at radius 1 is 1.29 bits per heavy atom. The highest BCUT2D eigenvalue weighted by atomic mass is 35.5. The average molecular weight is 506 g/mol. The van der Waals surface area contributed by atoms with Crippen molar-refractivity contribution in [2.45, 2.75) is 65.2 Å². The summed E-state index contributed by atoms with van der Waals surface area (Å²) < 4.78 is 37.7. The number of carbonyl (C=O) groups excluding carboxylic acids is 1. The molecule has 0 saturated carbocycles. The summed E-state index contributed by atoms with van der Waals surface area (Å²) in [6, 6.07) is 1.48. The normalized spacial score (nSPS) is 16.7. The van der Waals surface area contributed by atoms with Gasteiger partial charge in [-0.25, -0.2) is 18.7 Å². The molecular weight excluding hydrogens is 476 g/mol. The van der Waals surface area contributed by atoms with E-state index in [4.69, 9.17) is 27.1 Å². The van der Waals surface area contributed by atoms with Crippen molar-refractivity contribution < 1.29 is 18.3 Å². The molecule has 0 radical (unpaired) electrons. The number of ether oxygens (including phenoxy) is 1. The third kappa shape index (κ3) is 4.66. The zero-order valence-corrected chi connectivity index (χ0v) is 21.3. The van der Waals surface area contributed by atoms with E-state index in [2.05, 4.69) is 4.98 Å². The molecule has 2 aromatic heterocycles. The fourth-order valence-electron chi connectivity index (χ4n) is 4.55. The Balaban J connectivity index is 1.86. The van der Waals surface area contributed by atoms with Crippen molar-refractivity contribution in [2.75, 3.05) is 18.8 Å². The number of alkyl halides is 1. The highest BCUT2D eigenvalue weighted by molar-refractivity contribution is 6.31. The standard InChI is InChI=1S/C25H30ClF2N5O2/c1-13(2)35-21-16(14(3)23-31-15(4)20-22(29)30-8-11-33(20)23)12-17(26)19(27)18(21)24(34)32-9-6-25(5,28)7-10-32/h8,11-14H,6-7,9-10H2,1-5H3,(H2,29,30)/t14-/m1/s1. The first kappa shape index (κ1) is 25.2. The van der Waals surface area contributed by atoms with E-state index in [9.17, 15) is 9.18 Å². The van der Waals surface area contributed by atoms with Gasteiger partial charge in [-0.15, -0.1) is 0 Å². The zero-order valence-electron chi connectivity index (χ0n) is 20.5. The van der Waals surface area contributed by atoms with Crippen LogP contribution in [0.3, 0.4) is 0 Å². The van der Waals surface area contributed by atoms with Crippen LogP contribution in [0.5, 0.6) is 5.75 Å². The van der Waals surface area contributed by atoms with Gasteiger partial charge in [-0.1, -0.05) is 18.5 Å². The summed E-state index contributed by atoms with van der Waals surface area (Å²) in [4.78, 5) is 23.8. The molecule has 188 valence electrons. The van der Waals surface area contributed by atoms with Gasteiger partial charge >= 0.3 is 0 Å². The number of nitrogens with zero attached hydrogens (tertiary/aromatic N) is 4. The molecule has 1 amide bonds. The number of piperidine rings is 1. The molecular formula is C25H30ClF2N5O2. The summed E-state index contributed by atoms with van der Waals surface area (Å²) in [6.07, 6.45) is 3.34. The van der Waals surface area contributed by atoms with Crippen LogP contribution in [0, 0.1) is 12.7 Å². The number of imidazole rings is 1. The maximum atomic E-state index is 15.4. The number of rotatable bonds is 5. The maximum absolute atomic E-state index is 15.4. The number of amides is 1. The summed E-state index contributed by atoms with van der Waals surface area (Å²) in [5.41, 5.74) is 6.36. The van der Waals surface area contributed by atoms with Crippen LogP contribution in [0.1, 0.15) is 73.9 Å². The molecule has 0 spiro atoms. The number of halogens is 3. The summed E-state index contributed by atoms with van der Waals surface area (Å²) in [5.74, 6) is -0.784. The molecule has 10 heteroatoms. The molecule has 1 aliphatic rings. The predicted octanol–water partition coefficient (Wildman–Crippen LogP) is 5.32. The van der Waals surface area contributed by atoms with E-state index in [1.165, 1.54) is 17.9 Å². The first-order chi connectivity index (χ1) is 16.4. The van der Waals surface area contributed by atoms with Gasteiger partial charge in [0.2, 0.25) is 0 Å². The van der Waals surface area contributed by atoms with Crippen molar-refractivity contribution in [3.8, 4) is 5.75 Å². The van der Waals surface area contributed by atoms with Crippen molar-refractivity contribution in [3.05, 3.63) is 51.9 Å². The van der Waals surface area contributed by atoms with E-state index in [0.717, 1.165) is 0 Å². The molecule has 1 aromatic carbocycles. The van der Waals surface area contributed by atoms with Gasteiger partial charge < -0.3 is 15.4 Å². The number of hydrogen-bond acceptors (Lipinski definition) is 5. The van der Waals surface area contributed by atoms with E-state index in [1.807, 2.05) is 18.2 Å². The molecule has 1 saturated heterocycles. The topological polar surface area (TPSA) is 85.8 Å². The molecule has 3 aromatic rings. The molecule has 0 unspecified atom stereocenters. The largest absolute Gasteiger partial charge is 0.490 e. The van der Waals surface area contributed by atoms with Gasteiger partial charge in [-0.05, 0) is 46.6 Å². The summed E-state index contributed by atoms with van der Waals surface area (Å²) >= 11 is 6.32. The smallest absolute Gasteiger partial charge is 0.260 e. The second kappa shape index (κ2) is 9.26. The van der Waals surface area contributed by atoms with Crippen LogP contribution < -0.4 is 10.5 Å². The number of nitrogens with two attached hydrogens (primary N) is 1. The number of nitrogen functional groups attached to an aromatic ring is 1. The van der Waals surface area contributed by atoms with Crippen molar-refractivity contribution in [1.82, 2.24) is 19.3 Å². The Kier molecular flexibility index (Phi) is 6.66. The number of hydrogen-bond donors (Lipinski definition) is 1. The van der Waals surface area contributed by atoms with Crippen molar-refractivity contribution in [2.24, 2.45) is 0 Å². The molecule has 0 bridgehead atoms. The third-order valence-electron chi connectivity index (χ3n) is 6.50. The van der Waals surface area contributed by atoms with Crippen LogP contribution in [-0.2, 0) is 0 Å². The molecule has 7 nitrogen and oxygen atoms in total. The minimum atomic E-state index is -1.35. The van der Waals surface area contributed by atoms with Crippen molar-refractivity contribution in [3.63, 3.8) is 0 Å². The van der Waals surface area contributed by atoms with E-state index in [1.54, 1.807) is 26.2 Å². The third-order valence-corrected chi connectivity index (χ3v) is 6.77. The predicted molar refractivity (Wildman–Crippen MR) is 131 cm³/mol. The molecule has 0 aliphatic carbocycles. The molecule has 2 N–H and O–H groups in total. The minimum absolute atomic E-state index is 0.115. The zero-order chi connectivity index (χ0) is 25.7. The van der Waals surface area contributed by atoms with Crippen LogP contribution in [0.2, 0.25) is 5.02 Å². The number of likely N-dealkylation sites (tertiary alicyclic amines) is 1. The lowest BCUT2D eigenvalue weighted by Crippen LogP contribution is -2.43. The number of aryl methyl sites for hydroxylation is 1. The maximum Gasteiger partial charge on any atom is 0.260 e. The van der Waals surface area contributed by atoms with E-state index < -0.39 is 23.3 Å². The van der Waals surface area contributed by atoms with Crippen LogP contribution >= 0.6 is 11.6 Å². The molecule has 4 rings (SSSR count). The number of fused-ring (bicyclic) bond motifs is 1. The molecule has 1 atom stereocenters. The molecule has 35 heavy (non-hydrogen) atoms. The summed E-state index contributed by atoms with van der Waals surface area (Å²) in [6.45, 7) is 9.18. The molecule has 3 heterocycles. The van der Waals surface area contributed by atoms with Gasteiger partial charge in [0.25, 0.3) is 5.91 Å². The highest BCUT2D eigenvalue weighted by Gasteiger charge is 2.36. The fourth-order valence-corrected chi connectivity index (χ4v) is 4.76. The quantitative estimate of drug-likeness (QED) is 0.507. The van der Waals surface area contributed by atoms with Crippen LogP contribution in [-0.4, -0.2) is 50.0 Å². The minimum Gasteiger partial charge on any atom is -0.490 e. The van der Waals surface area contributed by atoms with Gasteiger partial charge in [0.15, 0.2) is 5.82 Å².